The summed E-state index contributed by atoms with van der Waals surface area (Å²) in [4.78, 5) is 14.0. The molecular formula is C24H16F3NO2S. The minimum Gasteiger partial charge on any atom is -0.497 e. The van der Waals surface area contributed by atoms with Gasteiger partial charge in [-0.05, 0) is 35.9 Å². The van der Waals surface area contributed by atoms with Crippen LogP contribution < -0.4 is 10.1 Å². The molecule has 1 aliphatic carbocycles. The first-order valence-corrected chi connectivity index (χ1v) is 10.4. The van der Waals surface area contributed by atoms with Crippen molar-refractivity contribution in [2.75, 3.05) is 12.4 Å². The first-order chi connectivity index (χ1) is 14.9. The van der Waals surface area contributed by atoms with Crippen LogP contribution in [0.1, 0.15) is 32.3 Å². The van der Waals surface area contributed by atoms with E-state index in [-0.39, 0.29) is 11.0 Å². The molecule has 7 heteroatoms. The molecule has 2 aliphatic rings. The van der Waals surface area contributed by atoms with E-state index in [4.69, 9.17) is 4.74 Å². The van der Waals surface area contributed by atoms with Gasteiger partial charge >= 0.3 is 6.18 Å². The van der Waals surface area contributed by atoms with Gasteiger partial charge in [0.2, 0.25) is 0 Å². The summed E-state index contributed by atoms with van der Waals surface area (Å²) in [6, 6.07) is 18.2. The molecule has 0 bridgehead atoms. The molecule has 31 heavy (non-hydrogen) atoms. The van der Waals surface area contributed by atoms with Gasteiger partial charge in [-0.1, -0.05) is 36.4 Å². The highest BCUT2D eigenvalue weighted by atomic mass is 32.2. The van der Waals surface area contributed by atoms with Crippen molar-refractivity contribution in [3.05, 3.63) is 94.6 Å². The average Bonchev–Trinajstić information content (AvgIpc) is 2.93. The van der Waals surface area contributed by atoms with Crippen molar-refractivity contribution in [3.63, 3.8) is 0 Å². The molecule has 156 valence electrons. The lowest BCUT2D eigenvalue weighted by Crippen LogP contribution is -2.07. The number of hydrogen-bond acceptors (Lipinski definition) is 4. The zero-order chi connectivity index (χ0) is 21.8. The maximum atomic E-state index is 13.4. The van der Waals surface area contributed by atoms with E-state index in [1.807, 2.05) is 36.4 Å². The van der Waals surface area contributed by atoms with Crippen molar-refractivity contribution in [2.45, 2.75) is 16.3 Å². The Kier molecular flexibility index (Phi) is 4.59. The molecule has 1 heterocycles. The predicted molar refractivity (Wildman–Crippen MR) is 114 cm³/mol. The first-order valence-electron chi connectivity index (χ1n) is 9.54. The lowest BCUT2D eigenvalue weighted by atomic mass is 10.0. The Balaban J connectivity index is 1.70. The molecule has 0 fully saturated rings. The molecule has 1 unspecified atom stereocenters. The molecule has 0 saturated heterocycles. The molecule has 0 amide bonds. The van der Waals surface area contributed by atoms with Gasteiger partial charge < -0.3 is 10.1 Å². The molecule has 0 aromatic heterocycles. The Morgan fingerprint density at radius 2 is 1.68 bits per heavy atom. The smallest absolute Gasteiger partial charge is 0.416 e. The molecule has 3 nitrogen and oxygen atoms in total. The van der Waals surface area contributed by atoms with Gasteiger partial charge in [-0.3, -0.25) is 4.79 Å². The summed E-state index contributed by atoms with van der Waals surface area (Å²) >= 11 is 1.37. The number of anilines is 1. The van der Waals surface area contributed by atoms with E-state index >= 15 is 0 Å². The summed E-state index contributed by atoms with van der Waals surface area (Å²) in [5.74, 6) is 0.571. The highest BCUT2D eigenvalue weighted by Crippen LogP contribution is 2.53. The number of ether oxygens (including phenoxy) is 1. The summed E-state index contributed by atoms with van der Waals surface area (Å²) in [5.41, 5.74) is 2.83. The number of Topliss-reactive ketones (excluding diaryl/α,β-unsaturated/α-hetero) is 1. The number of rotatable bonds is 2. The standard InChI is InChI=1S/C24H16F3NO2S/c1-30-15-9-6-13(7-10-15)23-20-21(16-4-2-3-5-17(16)22(20)29)28-18-12-14(24(25,26)27)8-11-19(18)31-23/h2-12,23,28H,1H3. The molecule has 1 aliphatic heterocycles. The fraction of sp³-hybridized carbons (Fsp3) is 0.125. The number of carbonyl (C=O) groups excluding carboxylic acids is 1. The van der Waals surface area contributed by atoms with E-state index in [0.717, 1.165) is 17.7 Å². The number of ketones is 1. The quantitative estimate of drug-likeness (QED) is 0.490. The zero-order valence-electron chi connectivity index (χ0n) is 16.3. The maximum Gasteiger partial charge on any atom is 0.416 e. The number of alkyl halides is 3. The van der Waals surface area contributed by atoms with Gasteiger partial charge in [0.1, 0.15) is 5.75 Å². The van der Waals surface area contributed by atoms with Gasteiger partial charge in [-0.2, -0.15) is 13.2 Å². The van der Waals surface area contributed by atoms with Crippen LogP contribution in [0.2, 0.25) is 0 Å². The van der Waals surface area contributed by atoms with Crippen molar-refractivity contribution < 1.29 is 22.7 Å². The van der Waals surface area contributed by atoms with Crippen molar-refractivity contribution in [1.82, 2.24) is 0 Å². The average molecular weight is 439 g/mol. The maximum absolute atomic E-state index is 13.4. The lowest BCUT2D eigenvalue weighted by molar-refractivity contribution is -0.137. The molecule has 1 N–H and O–H groups in total. The second-order valence-corrected chi connectivity index (χ2v) is 8.42. The molecule has 0 spiro atoms. The summed E-state index contributed by atoms with van der Waals surface area (Å²) in [7, 11) is 1.57. The molecule has 0 saturated carbocycles. The Morgan fingerprint density at radius 3 is 2.35 bits per heavy atom. The fourth-order valence-electron chi connectivity index (χ4n) is 3.93. The van der Waals surface area contributed by atoms with Gasteiger partial charge in [0.15, 0.2) is 5.78 Å². The van der Waals surface area contributed by atoms with Crippen LogP contribution in [0.4, 0.5) is 18.9 Å². The number of nitrogens with one attached hydrogen (secondary N) is 1. The number of thioether (sulfide) groups is 1. The molecule has 3 aromatic carbocycles. The Hall–Kier alpha value is -3.19. The van der Waals surface area contributed by atoms with Crippen LogP contribution in [0, 0.1) is 0 Å². The van der Waals surface area contributed by atoms with Crippen LogP contribution in [0.15, 0.2) is 77.2 Å². The SMILES string of the molecule is COc1ccc(C2Sc3ccc(C(F)(F)F)cc3NC3=C2C(=O)c2ccccc23)cc1. The van der Waals surface area contributed by atoms with Gasteiger partial charge in [0.05, 0.1) is 29.3 Å². The fourth-order valence-corrected chi connectivity index (χ4v) is 5.20. The van der Waals surface area contributed by atoms with Crippen LogP contribution in [0.25, 0.3) is 5.70 Å². The van der Waals surface area contributed by atoms with Crippen molar-refractivity contribution in [1.29, 1.82) is 0 Å². The highest BCUT2D eigenvalue weighted by Gasteiger charge is 2.39. The first kappa shape index (κ1) is 19.8. The van der Waals surface area contributed by atoms with Crippen LogP contribution in [0.5, 0.6) is 5.75 Å². The molecule has 1 atom stereocenters. The summed E-state index contributed by atoms with van der Waals surface area (Å²) in [6.45, 7) is 0. The predicted octanol–water partition coefficient (Wildman–Crippen LogP) is 6.58. The van der Waals surface area contributed by atoms with Crippen molar-refractivity contribution in [2.24, 2.45) is 0 Å². The second kappa shape index (κ2) is 7.20. The number of methoxy groups -OCH3 is 1. The van der Waals surface area contributed by atoms with E-state index in [2.05, 4.69) is 5.32 Å². The van der Waals surface area contributed by atoms with E-state index in [9.17, 15) is 18.0 Å². The third-order valence-electron chi connectivity index (χ3n) is 5.45. The van der Waals surface area contributed by atoms with Gasteiger partial charge in [-0.25, -0.2) is 0 Å². The number of fused-ring (bicyclic) bond motifs is 3. The molecule has 0 radical (unpaired) electrons. The minimum atomic E-state index is -4.45. The van der Waals surface area contributed by atoms with Crippen LogP contribution in [-0.2, 0) is 6.18 Å². The van der Waals surface area contributed by atoms with E-state index < -0.39 is 11.7 Å². The number of hydrogen-bond donors (Lipinski definition) is 1. The summed E-state index contributed by atoms with van der Waals surface area (Å²) < 4.78 is 45.2. The third-order valence-corrected chi connectivity index (χ3v) is 6.80. The van der Waals surface area contributed by atoms with Gasteiger partial charge in [0.25, 0.3) is 0 Å². The van der Waals surface area contributed by atoms with Gasteiger partial charge in [-0.15, -0.1) is 11.8 Å². The summed E-state index contributed by atoms with van der Waals surface area (Å²) in [5, 5.41) is 2.77. The number of benzene rings is 3. The molecule has 3 aromatic rings. The second-order valence-electron chi connectivity index (χ2n) is 7.27. The van der Waals surface area contributed by atoms with E-state index in [1.54, 1.807) is 19.2 Å². The van der Waals surface area contributed by atoms with Gasteiger partial charge in [0, 0.05) is 21.6 Å². The topological polar surface area (TPSA) is 38.3 Å². The summed E-state index contributed by atoms with van der Waals surface area (Å²) in [6.07, 6.45) is -4.45. The van der Waals surface area contributed by atoms with Crippen LogP contribution in [-0.4, -0.2) is 12.9 Å². The van der Waals surface area contributed by atoms with Crippen molar-refractivity contribution in [3.8, 4) is 5.75 Å². The Bertz CT molecular complexity index is 1230. The Labute approximate surface area is 180 Å². The molecular weight excluding hydrogens is 423 g/mol. The minimum absolute atomic E-state index is 0.115. The normalized spacial score (nSPS) is 17.4. The highest BCUT2D eigenvalue weighted by molar-refractivity contribution is 8.00. The largest absolute Gasteiger partial charge is 0.497 e. The Morgan fingerprint density at radius 1 is 0.968 bits per heavy atom. The number of carbonyl (C=O) groups is 1. The number of halogens is 3. The van der Waals surface area contributed by atoms with Crippen LogP contribution >= 0.6 is 11.8 Å². The van der Waals surface area contributed by atoms with E-state index in [1.165, 1.54) is 17.8 Å². The van der Waals surface area contributed by atoms with Crippen LogP contribution in [0.3, 0.4) is 0 Å². The monoisotopic (exact) mass is 439 g/mol. The third kappa shape index (κ3) is 3.29. The lowest BCUT2D eigenvalue weighted by Gasteiger charge is -2.18. The zero-order valence-corrected chi connectivity index (χ0v) is 17.1. The molecule has 5 rings (SSSR count). The van der Waals surface area contributed by atoms with E-state index in [0.29, 0.717) is 38.7 Å². The van der Waals surface area contributed by atoms with Crippen molar-refractivity contribution >= 4 is 28.9 Å².